The highest BCUT2D eigenvalue weighted by atomic mass is 16.5. The Hall–Kier alpha value is -2.82. The van der Waals surface area contributed by atoms with Gasteiger partial charge in [-0.15, -0.1) is 0 Å². The van der Waals surface area contributed by atoms with Crippen LogP contribution in [0.4, 0.5) is 11.4 Å². The predicted octanol–water partition coefficient (Wildman–Crippen LogP) is 4.66. The lowest BCUT2D eigenvalue weighted by molar-refractivity contribution is -0.125. The number of nitrogens with one attached hydrogen (secondary N) is 1. The van der Waals surface area contributed by atoms with Gasteiger partial charge in [-0.2, -0.15) is 0 Å². The van der Waals surface area contributed by atoms with Crippen molar-refractivity contribution in [3.63, 3.8) is 0 Å². The predicted molar refractivity (Wildman–Crippen MR) is 112 cm³/mol. The molecular formula is C23H28N2O3. The summed E-state index contributed by atoms with van der Waals surface area (Å²) in [4.78, 5) is 27.0. The molecule has 148 valence electrons. The molecule has 5 nitrogen and oxygen atoms in total. The van der Waals surface area contributed by atoms with E-state index >= 15 is 0 Å². The minimum absolute atomic E-state index is 0.0934. The number of carbonyl (C=O) groups is 2. The molecule has 3 rings (SSSR count). The van der Waals surface area contributed by atoms with E-state index in [9.17, 15) is 9.59 Å². The highest BCUT2D eigenvalue weighted by molar-refractivity contribution is 6.05. The summed E-state index contributed by atoms with van der Waals surface area (Å²) in [6, 6.07) is 12.8. The Bertz CT molecular complexity index is 880. The van der Waals surface area contributed by atoms with Crippen LogP contribution >= 0.6 is 0 Å². The molecule has 1 N–H and O–H groups in total. The van der Waals surface area contributed by atoms with E-state index in [2.05, 4.69) is 5.32 Å². The number of amides is 2. The van der Waals surface area contributed by atoms with E-state index in [1.807, 2.05) is 57.7 Å². The Labute approximate surface area is 166 Å². The second-order valence-corrected chi connectivity index (χ2v) is 8.45. The second-order valence-electron chi connectivity index (χ2n) is 8.45. The van der Waals surface area contributed by atoms with Crippen molar-refractivity contribution >= 4 is 23.2 Å². The first-order chi connectivity index (χ1) is 13.1. The summed E-state index contributed by atoms with van der Waals surface area (Å²) >= 11 is 0. The standard InChI is InChI=1S/C23H28N2O3/c1-15(2)28-19-9-6-16(7-10-19)21(26)24-18-8-11-20-17(14-18)12-13-25(20)22(27)23(3,4)5/h6-11,14-15H,12-13H2,1-5H3,(H,24,26). The molecule has 0 saturated heterocycles. The van der Waals surface area contributed by atoms with Gasteiger partial charge in [0.15, 0.2) is 0 Å². The normalized spacial score (nSPS) is 13.4. The van der Waals surface area contributed by atoms with E-state index in [1.165, 1.54) is 0 Å². The van der Waals surface area contributed by atoms with Gasteiger partial charge in [0.05, 0.1) is 6.10 Å². The fraction of sp³-hybridized carbons (Fsp3) is 0.391. The molecule has 0 saturated carbocycles. The SMILES string of the molecule is CC(C)Oc1ccc(C(=O)Nc2ccc3c(c2)CCN3C(=O)C(C)(C)C)cc1. The Morgan fingerprint density at radius 3 is 2.36 bits per heavy atom. The Balaban J connectivity index is 1.71. The summed E-state index contributed by atoms with van der Waals surface area (Å²) in [7, 11) is 0. The Morgan fingerprint density at radius 2 is 1.75 bits per heavy atom. The molecule has 0 aliphatic carbocycles. The van der Waals surface area contributed by atoms with E-state index in [0.717, 1.165) is 29.1 Å². The third-order valence-electron chi connectivity index (χ3n) is 4.61. The monoisotopic (exact) mass is 380 g/mol. The topological polar surface area (TPSA) is 58.6 Å². The van der Waals surface area contributed by atoms with Crippen LogP contribution in [0.15, 0.2) is 42.5 Å². The average Bonchev–Trinajstić information content (AvgIpc) is 3.03. The number of anilines is 2. The number of nitrogens with zero attached hydrogens (tertiary/aromatic N) is 1. The zero-order valence-corrected chi connectivity index (χ0v) is 17.2. The minimum Gasteiger partial charge on any atom is -0.491 e. The fourth-order valence-corrected chi connectivity index (χ4v) is 3.26. The van der Waals surface area contributed by atoms with Gasteiger partial charge < -0.3 is 15.0 Å². The third kappa shape index (κ3) is 4.35. The van der Waals surface area contributed by atoms with Crippen molar-refractivity contribution in [3.8, 4) is 5.75 Å². The molecule has 2 amide bonds. The lowest BCUT2D eigenvalue weighted by atomic mass is 9.94. The van der Waals surface area contributed by atoms with Gasteiger partial charge in [0.1, 0.15) is 5.75 Å². The van der Waals surface area contributed by atoms with E-state index in [-0.39, 0.29) is 17.9 Å². The maximum Gasteiger partial charge on any atom is 0.255 e. The smallest absolute Gasteiger partial charge is 0.255 e. The van der Waals surface area contributed by atoms with Gasteiger partial charge in [-0.25, -0.2) is 0 Å². The molecule has 0 fully saturated rings. The first-order valence-electron chi connectivity index (χ1n) is 9.68. The van der Waals surface area contributed by atoms with E-state index in [1.54, 1.807) is 24.3 Å². The number of hydrogen-bond acceptors (Lipinski definition) is 3. The Morgan fingerprint density at radius 1 is 1.07 bits per heavy atom. The molecule has 0 bridgehead atoms. The molecule has 1 aliphatic heterocycles. The minimum atomic E-state index is -0.417. The van der Waals surface area contributed by atoms with Gasteiger partial charge in [0.2, 0.25) is 5.91 Å². The molecule has 28 heavy (non-hydrogen) atoms. The maximum absolute atomic E-state index is 12.6. The first kappa shape index (κ1) is 19.9. The molecule has 0 unspecified atom stereocenters. The number of ether oxygens (including phenoxy) is 1. The first-order valence-corrected chi connectivity index (χ1v) is 9.68. The highest BCUT2D eigenvalue weighted by Gasteiger charge is 2.32. The Kier molecular flexibility index (Phi) is 5.45. The van der Waals surface area contributed by atoms with E-state index in [4.69, 9.17) is 4.74 Å². The van der Waals surface area contributed by atoms with Gasteiger partial charge in [0.25, 0.3) is 5.91 Å². The molecule has 5 heteroatoms. The summed E-state index contributed by atoms with van der Waals surface area (Å²) < 4.78 is 5.61. The largest absolute Gasteiger partial charge is 0.491 e. The van der Waals surface area contributed by atoms with Crippen molar-refractivity contribution in [1.82, 2.24) is 0 Å². The quantitative estimate of drug-likeness (QED) is 0.839. The number of hydrogen-bond donors (Lipinski definition) is 1. The van der Waals surface area contributed by atoms with Gasteiger partial charge in [-0.1, -0.05) is 20.8 Å². The van der Waals surface area contributed by atoms with E-state index in [0.29, 0.717) is 12.1 Å². The molecule has 0 atom stereocenters. The number of carbonyl (C=O) groups excluding carboxylic acids is 2. The third-order valence-corrected chi connectivity index (χ3v) is 4.61. The van der Waals surface area contributed by atoms with E-state index < -0.39 is 5.41 Å². The van der Waals surface area contributed by atoms with Crippen LogP contribution < -0.4 is 15.0 Å². The van der Waals surface area contributed by atoms with Crippen molar-refractivity contribution in [2.45, 2.75) is 47.1 Å². The molecule has 0 radical (unpaired) electrons. The summed E-state index contributed by atoms with van der Waals surface area (Å²) in [5.41, 5.74) is 2.90. The fourth-order valence-electron chi connectivity index (χ4n) is 3.26. The van der Waals surface area contributed by atoms with Crippen LogP contribution in [0.3, 0.4) is 0 Å². The molecule has 1 aliphatic rings. The number of rotatable bonds is 4. The maximum atomic E-state index is 12.6. The molecule has 0 aromatic heterocycles. The summed E-state index contributed by atoms with van der Waals surface area (Å²) in [6.07, 6.45) is 0.887. The average molecular weight is 380 g/mol. The highest BCUT2D eigenvalue weighted by Crippen LogP contribution is 2.33. The lowest BCUT2D eigenvalue weighted by Gasteiger charge is -2.26. The van der Waals surface area contributed by atoms with Crippen molar-refractivity contribution < 1.29 is 14.3 Å². The molecule has 2 aromatic rings. The van der Waals surface area contributed by atoms with Crippen molar-refractivity contribution in [1.29, 1.82) is 0 Å². The number of benzene rings is 2. The van der Waals surface area contributed by atoms with Crippen LogP contribution in [0.25, 0.3) is 0 Å². The van der Waals surface area contributed by atoms with Gasteiger partial charge in [-0.3, -0.25) is 9.59 Å². The summed E-state index contributed by atoms with van der Waals surface area (Å²) in [6.45, 7) is 10.4. The van der Waals surface area contributed by atoms with Gasteiger partial charge in [0, 0.05) is 28.9 Å². The zero-order chi connectivity index (χ0) is 20.5. The van der Waals surface area contributed by atoms with Gasteiger partial charge in [-0.05, 0) is 68.3 Å². The molecule has 0 spiro atoms. The van der Waals surface area contributed by atoms with Gasteiger partial charge >= 0.3 is 0 Å². The molecule has 1 heterocycles. The number of fused-ring (bicyclic) bond motifs is 1. The lowest BCUT2D eigenvalue weighted by Crippen LogP contribution is -2.38. The van der Waals surface area contributed by atoms with Crippen LogP contribution in [-0.2, 0) is 11.2 Å². The summed E-state index contributed by atoms with van der Waals surface area (Å²) in [5.74, 6) is 0.691. The summed E-state index contributed by atoms with van der Waals surface area (Å²) in [5, 5.41) is 2.94. The second kappa shape index (κ2) is 7.66. The molecular weight excluding hydrogens is 352 g/mol. The molecule has 2 aromatic carbocycles. The van der Waals surface area contributed by atoms with Crippen LogP contribution in [0.1, 0.15) is 50.5 Å². The van der Waals surface area contributed by atoms with Crippen LogP contribution in [0.5, 0.6) is 5.75 Å². The van der Waals surface area contributed by atoms with Crippen molar-refractivity contribution in [3.05, 3.63) is 53.6 Å². The van der Waals surface area contributed by atoms with Crippen molar-refractivity contribution in [2.75, 3.05) is 16.8 Å². The van der Waals surface area contributed by atoms with Crippen LogP contribution in [-0.4, -0.2) is 24.5 Å². The van der Waals surface area contributed by atoms with Crippen LogP contribution in [0, 0.1) is 5.41 Å². The zero-order valence-electron chi connectivity index (χ0n) is 17.2. The van der Waals surface area contributed by atoms with Crippen LogP contribution in [0.2, 0.25) is 0 Å². The van der Waals surface area contributed by atoms with Crippen molar-refractivity contribution in [2.24, 2.45) is 5.41 Å².